The Kier molecular flexibility index (Phi) is 4.05. The van der Waals surface area contributed by atoms with Crippen LogP contribution in [-0.2, 0) is 0 Å². The first-order valence-corrected chi connectivity index (χ1v) is 8.41. The smallest absolute Gasteiger partial charge is 0.231 e. The number of benzene rings is 2. The SMILES string of the molecule is COc1cccc([C@@H](c2cc3c(cc2O)OCO3)N2CCCC2)c1O. The molecule has 0 radical (unpaired) electrons. The van der Waals surface area contributed by atoms with Crippen LogP contribution in [-0.4, -0.2) is 42.1 Å². The lowest BCUT2D eigenvalue weighted by Gasteiger charge is -2.30. The van der Waals surface area contributed by atoms with Gasteiger partial charge in [-0.25, -0.2) is 0 Å². The van der Waals surface area contributed by atoms with E-state index in [1.807, 2.05) is 12.1 Å². The summed E-state index contributed by atoms with van der Waals surface area (Å²) < 4.78 is 16.1. The van der Waals surface area contributed by atoms with Crippen molar-refractivity contribution >= 4 is 0 Å². The van der Waals surface area contributed by atoms with Gasteiger partial charge in [-0.3, -0.25) is 4.90 Å². The van der Waals surface area contributed by atoms with Crippen molar-refractivity contribution < 1.29 is 24.4 Å². The minimum Gasteiger partial charge on any atom is -0.507 e. The number of phenolic OH excluding ortho intramolecular Hbond substituents is 2. The molecule has 0 aliphatic carbocycles. The number of hydrogen-bond donors (Lipinski definition) is 2. The van der Waals surface area contributed by atoms with Gasteiger partial charge in [0.25, 0.3) is 0 Å². The first-order valence-electron chi connectivity index (χ1n) is 8.41. The van der Waals surface area contributed by atoms with Crippen molar-refractivity contribution in [2.75, 3.05) is 27.0 Å². The first kappa shape index (κ1) is 15.9. The molecule has 4 rings (SSSR count). The number of methoxy groups -OCH3 is 1. The van der Waals surface area contributed by atoms with Crippen LogP contribution in [0.1, 0.15) is 30.0 Å². The largest absolute Gasteiger partial charge is 0.507 e. The second-order valence-corrected chi connectivity index (χ2v) is 6.31. The zero-order valence-electron chi connectivity index (χ0n) is 14.1. The molecule has 2 heterocycles. The highest BCUT2D eigenvalue weighted by Gasteiger charge is 2.32. The van der Waals surface area contributed by atoms with Crippen LogP contribution in [0, 0.1) is 0 Å². The van der Waals surface area contributed by atoms with Crippen molar-refractivity contribution in [1.82, 2.24) is 4.90 Å². The molecule has 2 aromatic carbocycles. The summed E-state index contributed by atoms with van der Waals surface area (Å²) in [5, 5.41) is 21.3. The summed E-state index contributed by atoms with van der Waals surface area (Å²) in [4.78, 5) is 2.26. The van der Waals surface area contributed by atoms with Crippen molar-refractivity contribution in [3.63, 3.8) is 0 Å². The zero-order chi connectivity index (χ0) is 17.4. The van der Waals surface area contributed by atoms with E-state index in [0.717, 1.165) is 25.9 Å². The van der Waals surface area contributed by atoms with Crippen molar-refractivity contribution in [3.8, 4) is 28.7 Å². The van der Waals surface area contributed by atoms with Gasteiger partial charge in [0.15, 0.2) is 23.0 Å². The second kappa shape index (κ2) is 6.37. The average Bonchev–Trinajstić information content (AvgIpc) is 3.28. The van der Waals surface area contributed by atoms with E-state index in [-0.39, 0.29) is 24.3 Å². The van der Waals surface area contributed by atoms with Crippen LogP contribution in [0.15, 0.2) is 30.3 Å². The molecule has 2 aromatic rings. The van der Waals surface area contributed by atoms with Crippen molar-refractivity contribution in [2.45, 2.75) is 18.9 Å². The summed E-state index contributed by atoms with van der Waals surface area (Å²) >= 11 is 0. The Morgan fingerprint density at radius 1 is 1.04 bits per heavy atom. The van der Waals surface area contributed by atoms with Gasteiger partial charge in [0.1, 0.15) is 5.75 Å². The molecule has 1 fully saturated rings. The molecule has 6 nitrogen and oxygen atoms in total. The number of rotatable bonds is 4. The van der Waals surface area contributed by atoms with Gasteiger partial charge in [-0.1, -0.05) is 12.1 Å². The molecule has 0 amide bonds. The summed E-state index contributed by atoms with van der Waals surface area (Å²) in [6, 6.07) is 8.54. The van der Waals surface area contributed by atoms with Gasteiger partial charge in [-0.05, 0) is 38.1 Å². The molecule has 0 spiro atoms. The Labute approximate surface area is 146 Å². The second-order valence-electron chi connectivity index (χ2n) is 6.31. The number of likely N-dealkylation sites (tertiary alicyclic amines) is 1. The maximum Gasteiger partial charge on any atom is 0.231 e. The normalized spacial score (nSPS) is 17.6. The average molecular weight is 343 g/mol. The van der Waals surface area contributed by atoms with Crippen LogP contribution in [0.3, 0.4) is 0 Å². The summed E-state index contributed by atoms with van der Waals surface area (Å²) in [5.41, 5.74) is 1.39. The quantitative estimate of drug-likeness (QED) is 0.889. The van der Waals surface area contributed by atoms with E-state index in [1.165, 1.54) is 7.11 Å². The topological polar surface area (TPSA) is 71.4 Å². The van der Waals surface area contributed by atoms with Crippen LogP contribution < -0.4 is 14.2 Å². The summed E-state index contributed by atoms with van der Waals surface area (Å²) in [6.07, 6.45) is 2.18. The van der Waals surface area contributed by atoms with E-state index in [0.29, 0.717) is 28.4 Å². The monoisotopic (exact) mass is 343 g/mol. The molecule has 0 saturated carbocycles. The molecule has 1 atom stereocenters. The van der Waals surface area contributed by atoms with E-state index >= 15 is 0 Å². The lowest BCUT2D eigenvalue weighted by molar-refractivity contribution is 0.173. The van der Waals surface area contributed by atoms with Crippen LogP contribution in [0.25, 0.3) is 0 Å². The molecule has 25 heavy (non-hydrogen) atoms. The van der Waals surface area contributed by atoms with Crippen LogP contribution in [0.2, 0.25) is 0 Å². The number of fused-ring (bicyclic) bond motifs is 1. The number of aromatic hydroxyl groups is 2. The highest BCUT2D eigenvalue weighted by Crippen LogP contribution is 2.46. The molecule has 2 aliphatic rings. The summed E-state index contributed by atoms with van der Waals surface area (Å²) in [7, 11) is 1.53. The van der Waals surface area contributed by atoms with Gasteiger partial charge < -0.3 is 24.4 Å². The highest BCUT2D eigenvalue weighted by molar-refractivity contribution is 5.57. The van der Waals surface area contributed by atoms with E-state index < -0.39 is 0 Å². The van der Waals surface area contributed by atoms with E-state index in [1.54, 1.807) is 18.2 Å². The Hall–Kier alpha value is -2.60. The first-order chi connectivity index (χ1) is 12.2. The Balaban J connectivity index is 1.85. The number of hydrogen-bond acceptors (Lipinski definition) is 6. The lowest BCUT2D eigenvalue weighted by Crippen LogP contribution is -2.26. The van der Waals surface area contributed by atoms with Gasteiger partial charge in [-0.15, -0.1) is 0 Å². The standard InChI is InChI=1S/C19H21NO5/c1-23-15-6-4-5-12(19(15)22)18(20-7-2-3-8-20)13-9-16-17(10-14(13)21)25-11-24-16/h4-6,9-10,18,21-22H,2-3,7-8,11H2,1H3/t18-/m0/s1. The zero-order valence-corrected chi connectivity index (χ0v) is 14.1. The third-order valence-corrected chi connectivity index (χ3v) is 4.87. The maximum absolute atomic E-state index is 10.7. The van der Waals surface area contributed by atoms with Crippen molar-refractivity contribution in [1.29, 1.82) is 0 Å². The van der Waals surface area contributed by atoms with Crippen molar-refractivity contribution in [3.05, 3.63) is 41.5 Å². The number of para-hydroxylation sites is 1. The fourth-order valence-corrected chi connectivity index (χ4v) is 3.65. The van der Waals surface area contributed by atoms with Gasteiger partial charge in [0, 0.05) is 17.2 Å². The van der Waals surface area contributed by atoms with Crippen LogP contribution >= 0.6 is 0 Å². The van der Waals surface area contributed by atoms with Crippen LogP contribution in [0.5, 0.6) is 28.7 Å². The van der Waals surface area contributed by atoms with Gasteiger partial charge >= 0.3 is 0 Å². The van der Waals surface area contributed by atoms with E-state index in [4.69, 9.17) is 14.2 Å². The Morgan fingerprint density at radius 3 is 2.48 bits per heavy atom. The Morgan fingerprint density at radius 2 is 1.76 bits per heavy atom. The lowest BCUT2D eigenvalue weighted by atomic mass is 9.94. The minimum atomic E-state index is -0.285. The summed E-state index contributed by atoms with van der Waals surface area (Å²) in [6.45, 7) is 1.95. The number of ether oxygens (including phenoxy) is 3. The fourth-order valence-electron chi connectivity index (χ4n) is 3.65. The number of nitrogens with zero attached hydrogens (tertiary/aromatic N) is 1. The molecular formula is C19H21NO5. The third-order valence-electron chi connectivity index (χ3n) is 4.87. The third kappa shape index (κ3) is 2.72. The van der Waals surface area contributed by atoms with Gasteiger partial charge in [0.05, 0.1) is 13.2 Å². The van der Waals surface area contributed by atoms with E-state index in [2.05, 4.69) is 4.90 Å². The van der Waals surface area contributed by atoms with Gasteiger partial charge in [-0.2, -0.15) is 0 Å². The summed E-state index contributed by atoms with van der Waals surface area (Å²) in [5.74, 6) is 1.79. The van der Waals surface area contributed by atoms with E-state index in [9.17, 15) is 10.2 Å². The molecule has 0 bridgehead atoms. The predicted octanol–water partition coefficient (Wildman–Crippen LogP) is 3.02. The molecule has 0 aromatic heterocycles. The molecule has 132 valence electrons. The minimum absolute atomic E-state index is 0.0963. The number of phenols is 2. The molecule has 1 saturated heterocycles. The molecule has 6 heteroatoms. The molecule has 2 aliphatic heterocycles. The Bertz CT molecular complexity index is 786. The van der Waals surface area contributed by atoms with Gasteiger partial charge in [0.2, 0.25) is 6.79 Å². The molecule has 2 N–H and O–H groups in total. The fraction of sp³-hybridized carbons (Fsp3) is 0.368. The molecular weight excluding hydrogens is 322 g/mol. The maximum atomic E-state index is 10.7. The predicted molar refractivity (Wildman–Crippen MR) is 91.5 cm³/mol. The van der Waals surface area contributed by atoms with Crippen molar-refractivity contribution in [2.24, 2.45) is 0 Å². The molecule has 0 unspecified atom stereocenters. The highest BCUT2D eigenvalue weighted by atomic mass is 16.7. The van der Waals surface area contributed by atoms with Crippen LogP contribution in [0.4, 0.5) is 0 Å².